The number of halogens is 1. The van der Waals surface area contributed by atoms with Crippen LogP contribution in [0.2, 0.25) is 0 Å². The molecule has 1 atom stereocenters. The third-order valence-electron chi connectivity index (χ3n) is 3.52. The van der Waals surface area contributed by atoms with E-state index in [1.165, 1.54) is 0 Å². The van der Waals surface area contributed by atoms with Crippen LogP contribution in [0.3, 0.4) is 0 Å². The lowest BCUT2D eigenvalue weighted by Crippen LogP contribution is -3.00. The molecule has 0 amide bonds. The number of hydrogen-bond acceptors (Lipinski definition) is 2. The van der Waals surface area contributed by atoms with Gasteiger partial charge < -0.3 is 28.5 Å². The molecule has 96 valence electrons. The summed E-state index contributed by atoms with van der Waals surface area (Å²) in [6, 6.07) is 8.12. The fourth-order valence-corrected chi connectivity index (χ4v) is 2.45. The summed E-state index contributed by atoms with van der Waals surface area (Å²) in [6.07, 6.45) is 5.86. The maximum absolute atomic E-state index is 4.31. The predicted octanol–water partition coefficient (Wildman–Crippen LogP) is -1.03. The molecule has 1 aliphatic heterocycles. The Morgan fingerprint density at radius 3 is 2.83 bits per heavy atom. The highest BCUT2D eigenvalue weighted by atomic mass is 127. The number of rotatable bonds is 1. The Balaban J connectivity index is 0.00000120. The Kier molecular flexibility index (Phi) is 3.72. The van der Waals surface area contributed by atoms with Crippen LogP contribution in [0, 0.1) is 0 Å². The van der Waals surface area contributed by atoms with E-state index in [1.807, 2.05) is 22.9 Å². The fourth-order valence-electron chi connectivity index (χ4n) is 2.45. The SMILES string of the molecule is C[N+]1(C)CCC=CC1n1nnc2ccccc21.[I-]. The Labute approximate surface area is 124 Å². The molecule has 0 N–H and O–H groups in total. The van der Waals surface area contributed by atoms with Crippen LogP contribution in [0.25, 0.3) is 11.0 Å². The highest BCUT2D eigenvalue weighted by Gasteiger charge is 2.31. The van der Waals surface area contributed by atoms with Crippen molar-refractivity contribution in [1.29, 1.82) is 0 Å². The second-order valence-corrected chi connectivity index (χ2v) is 5.16. The minimum absolute atomic E-state index is 0. The van der Waals surface area contributed by atoms with E-state index in [0.717, 1.165) is 28.5 Å². The highest BCUT2D eigenvalue weighted by Crippen LogP contribution is 2.27. The van der Waals surface area contributed by atoms with Crippen molar-refractivity contribution in [2.24, 2.45) is 0 Å². The van der Waals surface area contributed by atoms with Gasteiger partial charge in [-0.1, -0.05) is 23.4 Å². The van der Waals surface area contributed by atoms with Crippen LogP contribution in [-0.2, 0) is 0 Å². The van der Waals surface area contributed by atoms with Crippen molar-refractivity contribution in [3.8, 4) is 0 Å². The van der Waals surface area contributed by atoms with Gasteiger partial charge in [0.15, 0.2) is 0 Å². The Morgan fingerprint density at radius 2 is 2.06 bits per heavy atom. The maximum atomic E-state index is 4.31. The van der Waals surface area contributed by atoms with Crippen LogP contribution in [0.15, 0.2) is 36.4 Å². The van der Waals surface area contributed by atoms with Crippen LogP contribution in [0.4, 0.5) is 0 Å². The number of aromatic nitrogens is 3. The molecule has 1 unspecified atom stereocenters. The van der Waals surface area contributed by atoms with Gasteiger partial charge in [0.25, 0.3) is 0 Å². The third-order valence-corrected chi connectivity index (χ3v) is 3.52. The van der Waals surface area contributed by atoms with Gasteiger partial charge in [0.1, 0.15) is 5.52 Å². The molecule has 0 saturated carbocycles. The van der Waals surface area contributed by atoms with Crippen LogP contribution in [0.1, 0.15) is 12.6 Å². The van der Waals surface area contributed by atoms with Gasteiger partial charge in [0.2, 0.25) is 6.17 Å². The molecule has 0 saturated heterocycles. The maximum Gasteiger partial charge on any atom is 0.205 e. The molecule has 2 aromatic rings. The van der Waals surface area contributed by atoms with E-state index >= 15 is 0 Å². The number of para-hydroxylation sites is 1. The van der Waals surface area contributed by atoms with Crippen LogP contribution in [0.5, 0.6) is 0 Å². The van der Waals surface area contributed by atoms with E-state index in [9.17, 15) is 0 Å². The average molecular weight is 356 g/mol. The van der Waals surface area contributed by atoms with Gasteiger partial charge in [0, 0.05) is 6.42 Å². The standard InChI is InChI=1S/C13H17N4.HI/c1-17(2)10-6-5-9-13(17)16-12-8-4-3-7-11(12)14-15-16;/h3-5,7-9,13H,6,10H2,1-2H3;1H/q+1;/p-1. The first-order chi connectivity index (χ1) is 8.18. The van der Waals surface area contributed by atoms with Gasteiger partial charge in [-0.3, -0.25) is 0 Å². The highest BCUT2D eigenvalue weighted by molar-refractivity contribution is 5.73. The monoisotopic (exact) mass is 356 g/mol. The second-order valence-electron chi connectivity index (χ2n) is 5.16. The molecule has 0 radical (unpaired) electrons. The number of hydrogen-bond donors (Lipinski definition) is 0. The van der Waals surface area contributed by atoms with Crippen molar-refractivity contribution in [2.75, 3.05) is 20.6 Å². The summed E-state index contributed by atoms with van der Waals surface area (Å²) in [5.41, 5.74) is 2.07. The molecule has 2 heterocycles. The summed E-state index contributed by atoms with van der Waals surface area (Å²) in [4.78, 5) is 0. The molecule has 1 aromatic heterocycles. The molecule has 4 nitrogen and oxygen atoms in total. The van der Waals surface area contributed by atoms with Crippen molar-refractivity contribution < 1.29 is 28.5 Å². The summed E-state index contributed by atoms with van der Waals surface area (Å²) in [6.45, 7) is 1.13. The van der Waals surface area contributed by atoms with E-state index in [0.29, 0.717) is 0 Å². The van der Waals surface area contributed by atoms with Crippen molar-refractivity contribution in [1.82, 2.24) is 15.0 Å². The van der Waals surface area contributed by atoms with Crippen LogP contribution in [-0.4, -0.2) is 40.1 Å². The van der Waals surface area contributed by atoms with Gasteiger partial charge >= 0.3 is 0 Å². The summed E-state index contributed by atoms with van der Waals surface area (Å²) in [5.74, 6) is 0. The molecule has 5 heteroatoms. The summed E-state index contributed by atoms with van der Waals surface area (Å²) in [7, 11) is 4.48. The fraction of sp³-hybridized carbons (Fsp3) is 0.385. The second kappa shape index (κ2) is 4.97. The number of nitrogens with zero attached hydrogens (tertiary/aromatic N) is 4. The number of quaternary nitrogens is 1. The van der Waals surface area contributed by atoms with E-state index < -0.39 is 0 Å². The van der Waals surface area contributed by atoms with Gasteiger partial charge in [-0.2, -0.15) is 4.68 Å². The van der Waals surface area contributed by atoms with Crippen LogP contribution < -0.4 is 24.0 Å². The van der Waals surface area contributed by atoms with Crippen molar-refractivity contribution in [2.45, 2.75) is 12.6 Å². The lowest BCUT2D eigenvalue weighted by molar-refractivity contribution is -0.925. The largest absolute Gasteiger partial charge is 1.00 e. The van der Waals surface area contributed by atoms with Crippen LogP contribution >= 0.6 is 0 Å². The first-order valence-electron chi connectivity index (χ1n) is 5.98. The van der Waals surface area contributed by atoms with Gasteiger partial charge in [0.05, 0.1) is 26.2 Å². The molecule has 0 aliphatic carbocycles. The van der Waals surface area contributed by atoms with Crippen molar-refractivity contribution >= 4 is 11.0 Å². The smallest absolute Gasteiger partial charge is 0.205 e. The number of likely N-dealkylation sites (N-methyl/N-ethyl adjacent to an activating group) is 1. The van der Waals surface area contributed by atoms with Gasteiger partial charge in [-0.15, -0.1) is 5.10 Å². The zero-order chi connectivity index (χ0) is 11.9. The first kappa shape index (κ1) is 13.5. The Hall–Kier alpha value is -0.950. The molecule has 3 rings (SSSR count). The number of benzene rings is 1. The Morgan fingerprint density at radius 1 is 1.28 bits per heavy atom. The minimum Gasteiger partial charge on any atom is -1.00 e. The molecule has 18 heavy (non-hydrogen) atoms. The molecule has 0 spiro atoms. The van der Waals surface area contributed by atoms with E-state index in [-0.39, 0.29) is 30.1 Å². The molecule has 0 fully saturated rings. The minimum atomic E-state index is 0. The molecule has 1 aliphatic rings. The molecule has 1 aromatic carbocycles. The summed E-state index contributed by atoms with van der Waals surface area (Å²) in [5, 5.41) is 8.54. The zero-order valence-electron chi connectivity index (χ0n) is 10.6. The molecular weight excluding hydrogens is 339 g/mol. The lowest BCUT2D eigenvalue weighted by Gasteiger charge is -2.38. The van der Waals surface area contributed by atoms with E-state index in [4.69, 9.17) is 0 Å². The first-order valence-corrected chi connectivity index (χ1v) is 5.98. The van der Waals surface area contributed by atoms with Gasteiger partial charge in [-0.25, -0.2) is 0 Å². The molecule has 0 bridgehead atoms. The third kappa shape index (κ3) is 2.16. The average Bonchev–Trinajstić information content (AvgIpc) is 2.72. The van der Waals surface area contributed by atoms with Crippen molar-refractivity contribution in [3.05, 3.63) is 36.4 Å². The normalized spacial score (nSPS) is 21.8. The predicted molar refractivity (Wildman–Crippen MR) is 67.3 cm³/mol. The Bertz CT molecular complexity index is 573. The topological polar surface area (TPSA) is 30.7 Å². The zero-order valence-corrected chi connectivity index (χ0v) is 12.8. The summed E-state index contributed by atoms with van der Waals surface area (Å²) < 4.78 is 2.95. The number of fused-ring (bicyclic) bond motifs is 1. The quantitative estimate of drug-likeness (QED) is 0.372. The van der Waals surface area contributed by atoms with Crippen molar-refractivity contribution in [3.63, 3.8) is 0 Å². The summed E-state index contributed by atoms with van der Waals surface area (Å²) >= 11 is 0. The van der Waals surface area contributed by atoms with E-state index in [1.54, 1.807) is 0 Å². The lowest BCUT2D eigenvalue weighted by atomic mass is 10.2. The van der Waals surface area contributed by atoms with E-state index in [2.05, 4.69) is 42.6 Å². The van der Waals surface area contributed by atoms with Gasteiger partial charge in [-0.05, 0) is 18.2 Å². The molecular formula is C13H17IN4.